The normalized spacial score (nSPS) is 15.4. The third-order valence-electron chi connectivity index (χ3n) is 5.43. The standard InChI is InChI=1S/C24H25FN4O3/c1-15(4-5-17(3)30)21-20(22(31)19-7-6-18(25)14-16(19)2)27-24-23(26-8-9-29(21)24)28-10-12-32-13-11-28/h4-9,14,30H,10-13H2,1-3H3/b15-4+,17-5+. The first-order chi connectivity index (χ1) is 15.4. The van der Waals surface area contributed by atoms with Crippen LogP contribution in [0.2, 0.25) is 0 Å². The molecule has 3 aromatic rings. The molecule has 1 aromatic carbocycles. The number of nitrogens with zero attached hydrogens (tertiary/aromatic N) is 4. The molecule has 0 aliphatic carbocycles. The molecule has 0 saturated carbocycles. The van der Waals surface area contributed by atoms with Crippen LogP contribution < -0.4 is 4.90 Å². The summed E-state index contributed by atoms with van der Waals surface area (Å²) in [6.07, 6.45) is 6.75. The fourth-order valence-electron chi connectivity index (χ4n) is 3.83. The lowest BCUT2D eigenvalue weighted by atomic mass is 9.99. The highest BCUT2D eigenvalue weighted by Crippen LogP contribution is 2.29. The van der Waals surface area contributed by atoms with Gasteiger partial charge in [-0.2, -0.15) is 0 Å². The second-order valence-electron chi connectivity index (χ2n) is 7.80. The van der Waals surface area contributed by atoms with Gasteiger partial charge in [-0.3, -0.25) is 9.20 Å². The van der Waals surface area contributed by atoms with E-state index in [0.29, 0.717) is 54.6 Å². The molecule has 4 rings (SSSR count). The SMILES string of the molecule is C/C(O)=C\C=C(/C)c1c(C(=O)c2ccc(F)cc2C)nc2c(N3CCOCC3)nccn12. The number of benzene rings is 1. The summed E-state index contributed by atoms with van der Waals surface area (Å²) in [6.45, 7) is 7.67. The first-order valence-corrected chi connectivity index (χ1v) is 10.4. The molecule has 0 atom stereocenters. The number of ketones is 1. The number of halogens is 1. The number of allylic oxidation sites excluding steroid dienone is 4. The van der Waals surface area contributed by atoms with Crippen LogP contribution in [0.3, 0.4) is 0 Å². The maximum Gasteiger partial charge on any atom is 0.213 e. The second-order valence-corrected chi connectivity index (χ2v) is 7.80. The van der Waals surface area contributed by atoms with E-state index in [0.717, 1.165) is 5.57 Å². The van der Waals surface area contributed by atoms with E-state index in [4.69, 9.17) is 9.72 Å². The van der Waals surface area contributed by atoms with E-state index >= 15 is 0 Å². The van der Waals surface area contributed by atoms with Crippen LogP contribution in [0, 0.1) is 12.7 Å². The number of fused-ring (bicyclic) bond motifs is 1. The van der Waals surface area contributed by atoms with Crippen LogP contribution in [0.4, 0.5) is 10.2 Å². The number of aliphatic hydroxyl groups is 1. The number of aliphatic hydroxyl groups excluding tert-OH is 1. The van der Waals surface area contributed by atoms with E-state index in [2.05, 4.69) is 9.88 Å². The zero-order valence-electron chi connectivity index (χ0n) is 18.3. The smallest absolute Gasteiger partial charge is 0.213 e. The minimum absolute atomic E-state index is 0.149. The minimum atomic E-state index is -0.396. The lowest BCUT2D eigenvalue weighted by Gasteiger charge is -2.27. The van der Waals surface area contributed by atoms with E-state index in [1.807, 2.05) is 11.3 Å². The van der Waals surface area contributed by atoms with E-state index < -0.39 is 5.82 Å². The Bertz CT molecular complexity index is 1240. The Morgan fingerprint density at radius 2 is 1.97 bits per heavy atom. The number of imidazole rings is 1. The Morgan fingerprint density at radius 1 is 1.22 bits per heavy atom. The first kappa shape index (κ1) is 21.7. The maximum absolute atomic E-state index is 13.6. The van der Waals surface area contributed by atoms with Gasteiger partial charge >= 0.3 is 0 Å². The quantitative estimate of drug-likeness (QED) is 0.368. The second kappa shape index (κ2) is 8.92. The van der Waals surface area contributed by atoms with Gasteiger partial charge in [0.25, 0.3) is 0 Å². The Balaban J connectivity index is 1.93. The zero-order valence-corrected chi connectivity index (χ0v) is 18.3. The highest BCUT2D eigenvalue weighted by molar-refractivity contribution is 6.11. The number of hydrogen-bond acceptors (Lipinski definition) is 6. The number of carbonyl (C=O) groups is 1. The molecule has 32 heavy (non-hydrogen) atoms. The van der Waals surface area contributed by atoms with Gasteiger partial charge in [0.2, 0.25) is 5.78 Å². The van der Waals surface area contributed by atoms with Gasteiger partial charge in [0.1, 0.15) is 11.5 Å². The predicted molar refractivity (Wildman–Crippen MR) is 121 cm³/mol. The molecule has 0 spiro atoms. The summed E-state index contributed by atoms with van der Waals surface area (Å²) in [4.78, 5) is 24.9. The topological polar surface area (TPSA) is 80.0 Å². The molecule has 1 fully saturated rings. The van der Waals surface area contributed by atoms with Crippen molar-refractivity contribution >= 4 is 22.8 Å². The lowest BCUT2D eigenvalue weighted by Crippen LogP contribution is -2.37. The fraction of sp³-hybridized carbons (Fsp3) is 0.292. The summed E-state index contributed by atoms with van der Waals surface area (Å²) in [7, 11) is 0. The molecule has 7 nitrogen and oxygen atoms in total. The van der Waals surface area contributed by atoms with Crippen molar-refractivity contribution in [3.05, 3.63) is 76.8 Å². The van der Waals surface area contributed by atoms with E-state index in [9.17, 15) is 14.3 Å². The van der Waals surface area contributed by atoms with Gasteiger partial charge in [0, 0.05) is 31.0 Å². The molecule has 2 aromatic heterocycles. The molecule has 166 valence electrons. The summed E-state index contributed by atoms with van der Waals surface area (Å²) < 4.78 is 20.9. The first-order valence-electron chi connectivity index (χ1n) is 10.4. The minimum Gasteiger partial charge on any atom is -0.513 e. The fourth-order valence-corrected chi connectivity index (χ4v) is 3.83. The van der Waals surface area contributed by atoms with Crippen LogP contribution in [-0.2, 0) is 4.74 Å². The Kier molecular flexibility index (Phi) is 6.05. The number of hydrogen-bond donors (Lipinski definition) is 1. The predicted octanol–water partition coefficient (Wildman–Crippen LogP) is 4.11. The van der Waals surface area contributed by atoms with Crippen LogP contribution in [-0.4, -0.2) is 51.6 Å². The van der Waals surface area contributed by atoms with E-state index in [1.165, 1.54) is 18.2 Å². The number of ether oxygens (including phenoxy) is 1. The highest BCUT2D eigenvalue weighted by Gasteiger charge is 2.26. The maximum atomic E-state index is 13.6. The number of aryl methyl sites for hydroxylation is 1. The van der Waals surface area contributed by atoms with Crippen molar-refractivity contribution in [3.8, 4) is 0 Å². The molecular weight excluding hydrogens is 411 g/mol. The van der Waals surface area contributed by atoms with Crippen molar-refractivity contribution in [1.82, 2.24) is 14.4 Å². The number of aromatic nitrogens is 3. The molecule has 3 heterocycles. The molecule has 1 saturated heterocycles. The average Bonchev–Trinajstić information content (AvgIpc) is 3.17. The average molecular weight is 436 g/mol. The number of rotatable bonds is 5. The molecule has 1 aliphatic heterocycles. The summed E-state index contributed by atoms with van der Waals surface area (Å²) >= 11 is 0. The van der Waals surface area contributed by atoms with Crippen molar-refractivity contribution in [2.45, 2.75) is 20.8 Å². The molecule has 1 aliphatic rings. The van der Waals surface area contributed by atoms with Gasteiger partial charge in [-0.15, -0.1) is 0 Å². The number of carbonyl (C=O) groups excluding carboxylic acids is 1. The number of anilines is 1. The Labute approximate surface area is 185 Å². The highest BCUT2D eigenvalue weighted by atomic mass is 19.1. The van der Waals surface area contributed by atoms with E-state index in [-0.39, 0.29) is 17.2 Å². The van der Waals surface area contributed by atoms with Gasteiger partial charge in [-0.25, -0.2) is 14.4 Å². The molecule has 8 heteroatoms. The molecule has 0 bridgehead atoms. The summed E-state index contributed by atoms with van der Waals surface area (Å²) in [5.74, 6) is 0.129. The third-order valence-corrected chi connectivity index (χ3v) is 5.43. The molecule has 0 unspecified atom stereocenters. The molecule has 1 N–H and O–H groups in total. The number of morpholine rings is 1. The summed E-state index contributed by atoms with van der Waals surface area (Å²) in [5.41, 5.74) is 3.08. The van der Waals surface area contributed by atoms with Gasteiger partial charge in [-0.05, 0) is 56.2 Å². The van der Waals surface area contributed by atoms with Gasteiger partial charge in [0.15, 0.2) is 11.5 Å². The van der Waals surface area contributed by atoms with Gasteiger partial charge in [-0.1, -0.05) is 6.08 Å². The largest absolute Gasteiger partial charge is 0.513 e. The zero-order chi connectivity index (χ0) is 22.8. The lowest BCUT2D eigenvalue weighted by molar-refractivity contribution is 0.103. The van der Waals surface area contributed by atoms with E-state index in [1.54, 1.807) is 38.4 Å². The van der Waals surface area contributed by atoms with Crippen LogP contribution in [0.5, 0.6) is 0 Å². The van der Waals surface area contributed by atoms with Crippen LogP contribution in [0.25, 0.3) is 11.2 Å². The molecule has 0 radical (unpaired) electrons. The van der Waals surface area contributed by atoms with Crippen molar-refractivity contribution in [2.75, 3.05) is 31.2 Å². The van der Waals surface area contributed by atoms with Gasteiger partial charge < -0.3 is 14.7 Å². The van der Waals surface area contributed by atoms with Crippen molar-refractivity contribution < 1.29 is 19.0 Å². The molecular formula is C24H25FN4O3. The van der Waals surface area contributed by atoms with Crippen LogP contribution in [0.15, 0.2) is 48.5 Å². The van der Waals surface area contributed by atoms with Crippen molar-refractivity contribution in [2.24, 2.45) is 0 Å². The summed E-state index contributed by atoms with van der Waals surface area (Å²) in [5, 5.41) is 9.61. The van der Waals surface area contributed by atoms with Crippen molar-refractivity contribution in [1.29, 1.82) is 0 Å². The Morgan fingerprint density at radius 3 is 2.66 bits per heavy atom. The van der Waals surface area contributed by atoms with Crippen LogP contribution in [0.1, 0.15) is 41.2 Å². The van der Waals surface area contributed by atoms with Gasteiger partial charge in [0.05, 0.1) is 24.7 Å². The summed E-state index contributed by atoms with van der Waals surface area (Å²) in [6, 6.07) is 4.10. The Hall–Kier alpha value is -3.52. The molecule has 0 amide bonds. The monoisotopic (exact) mass is 436 g/mol. The van der Waals surface area contributed by atoms with Crippen molar-refractivity contribution in [3.63, 3.8) is 0 Å². The third kappa shape index (κ3) is 4.13. The van der Waals surface area contributed by atoms with Crippen LogP contribution >= 0.6 is 0 Å².